The van der Waals surface area contributed by atoms with Crippen molar-refractivity contribution < 1.29 is 24.2 Å². The molecule has 0 bridgehead atoms. The van der Waals surface area contributed by atoms with Crippen molar-refractivity contribution in [3.8, 4) is 11.5 Å². The number of amides is 1. The number of carbonyl (C=O) groups excluding carboxylic acids is 2. The van der Waals surface area contributed by atoms with Gasteiger partial charge in [0, 0.05) is 23.1 Å². The highest BCUT2D eigenvalue weighted by molar-refractivity contribution is 6.52. The van der Waals surface area contributed by atoms with Crippen molar-refractivity contribution in [3.05, 3.63) is 88.7 Å². The molecule has 0 radical (unpaired) electrons. The summed E-state index contributed by atoms with van der Waals surface area (Å²) < 4.78 is 10.8. The van der Waals surface area contributed by atoms with Crippen LogP contribution in [-0.4, -0.2) is 36.0 Å². The van der Waals surface area contributed by atoms with Crippen LogP contribution in [-0.2, 0) is 9.59 Å². The molecule has 3 aromatic rings. The van der Waals surface area contributed by atoms with Gasteiger partial charge in [0.05, 0.1) is 25.8 Å². The Morgan fingerprint density at radius 1 is 1.03 bits per heavy atom. The molecule has 2 aromatic carbocycles. The van der Waals surface area contributed by atoms with Crippen LogP contribution in [0.1, 0.15) is 17.2 Å². The molecular weight excluding hydrogens is 432 g/mol. The first-order valence-electron chi connectivity index (χ1n) is 9.65. The number of ether oxygens (including phenoxy) is 2. The molecule has 1 amide bonds. The van der Waals surface area contributed by atoms with Gasteiger partial charge in [-0.25, -0.2) is 0 Å². The summed E-state index contributed by atoms with van der Waals surface area (Å²) in [5.74, 6) is -1.46. The fourth-order valence-electron chi connectivity index (χ4n) is 3.80. The van der Waals surface area contributed by atoms with Gasteiger partial charge in [0.1, 0.15) is 22.8 Å². The second kappa shape index (κ2) is 8.72. The van der Waals surface area contributed by atoms with Gasteiger partial charge in [0.15, 0.2) is 0 Å². The highest BCUT2D eigenvalue weighted by Crippen LogP contribution is 2.45. The summed E-state index contributed by atoms with van der Waals surface area (Å²) >= 11 is 6.15. The summed E-state index contributed by atoms with van der Waals surface area (Å²) in [6.07, 6.45) is 3.12. The summed E-state index contributed by atoms with van der Waals surface area (Å²) in [6, 6.07) is 14.0. The normalized spacial score (nSPS) is 17.5. The van der Waals surface area contributed by atoms with E-state index in [0.29, 0.717) is 27.8 Å². The number of carbonyl (C=O) groups is 2. The Hall–Kier alpha value is -3.84. The van der Waals surface area contributed by atoms with E-state index in [1.807, 2.05) is 0 Å². The predicted octanol–water partition coefficient (Wildman–Crippen LogP) is 4.38. The number of aliphatic hydroxyl groups is 1. The molecule has 1 aliphatic heterocycles. The number of ketones is 1. The van der Waals surface area contributed by atoms with E-state index in [4.69, 9.17) is 21.1 Å². The number of halogens is 1. The van der Waals surface area contributed by atoms with E-state index in [2.05, 4.69) is 4.98 Å². The van der Waals surface area contributed by atoms with Crippen LogP contribution in [0.3, 0.4) is 0 Å². The number of methoxy groups -OCH3 is 2. The molecule has 1 N–H and O–H groups in total. The summed E-state index contributed by atoms with van der Waals surface area (Å²) in [4.78, 5) is 31.8. The van der Waals surface area contributed by atoms with Crippen molar-refractivity contribution in [1.82, 2.24) is 4.98 Å². The zero-order valence-corrected chi connectivity index (χ0v) is 18.0. The Kier molecular flexibility index (Phi) is 5.83. The van der Waals surface area contributed by atoms with E-state index < -0.39 is 23.5 Å². The number of benzene rings is 2. The van der Waals surface area contributed by atoms with E-state index in [0.717, 1.165) is 0 Å². The van der Waals surface area contributed by atoms with Gasteiger partial charge in [-0.3, -0.25) is 19.5 Å². The monoisotopic (exact) mass is 450 g/mol. The van der Waals surface area contributed by atoms with Gasteiger partial charge in [-0.15, -0.1) is 0 Å². The van der Waals surface area contributed by atoms with Crippen molar-refractivity contribution in [1.29, 1.82) is 0 Å². The molecule has 162 valence electrons. The van der Waals surface area contributed by atoms with Gasteiger partial charge in [0.2, 0.25) is 0 Å². The molecule has 1 fully saturated rings. The maximum atomic E-state index is 13.2. The van der Waals surface area contributed by atoms with Crippen LogP contribution in [0.4, 0.5) is 5.69 Å². The molecule has 1 atom stereocenters. The van der Waals surface area contributed by atoms with Gasteiger partial charge >= 0.3 is 0 Å². The van der Waals surface area contributed by atoms with Gasteiger partial charge in [-0.05, 0) is 42.0 Å². The number of Topliss-reactive ketones (excluding diaryl/α,β-unsaturated/α-hetero) is 1. The number of hydrogen-bond acceptors (Lipinski definition) is 6. The Labute approximate surface area is 189 Å². The first-order valence-corrected chi connectivity index (χ1v) is 10.0. The molecular formula is C24H19ClN2O5. The highest BCUT2D eigenvalue weighted by atomic mass is 35.5. The number of hydrogen-bond donors (Lipinski definition) is 1. The van der Waals surface area contributed by atoms with Crippen molar-refractivity contribution in [3.63, 3.8) is 0 Å². The van der Waals surface area contributed by atoms with Gasteiger partial charge in [0.25, 0.3) is 11.7 Å². The predicted molar refractivity (Wildman–Crippen MR) is 120 cm³/mol. The lowest BCUT2D eigenvalue weighted by atomic mass is 9.95. The summed E-state index contributed by atoms with van der Waals surface area (Å²) in [5, 5.41) is 11.8. The van der Waals surface area contributed by atoms with E-state index >= 15 is 0 Å². The lowest BCUT2D eigenvalue weighted by molar-refractivity contribution is -0.132. The van der Waals surface area contributed by atoms with E-state index in [1.54, 1.807) is 67.0 Å². The fourth-order valence-corrected chi connectivity index (χ4v) is 3.98. The SMILES string of the molecule is COc1cccc(OC)c1/C(O)=C1\C(=O)C(=O)N(c2cccc(Cl)c2)C1c1cccnc1. The van der Waals surface area contributed by atoms with Crippen molar-refractivity contribution in [2.45, 2.75) is 6.04 Å². The molecule has 0 aliphatic carbocycles. The van der Waals surface area contributed by atoms with Crippen LogP contribution in [0.15, 0.2) is 72.6 Å². The van der Waals surface area contributed by atoms with Crippen molar-refractivity contribution >= 4 is 34.7 Å². The van der Waals surface area contributed by atoms with Gasteiger partial charge < -0.3 is 14.6 Å². The Balaban J connectivity index is 2.01. The summed E-state index contributed by atoms with van der Waals surface area (Å²) in [7, 11) is 2.88. The molecule has 0 spiro atoms. The smallest absolute Gasteiger partial charge is 0.300 e. The number of pyridine rings is 1. The molecule has 1 unspecified atom stereocenters. The van der Waals surface area contributed by atoms with Crippen LogP contribution in [0.5, 0.6) is 11.5 Å². The number of anilines is 1. The van der Waals surface area contributed by atoms with E-state index in [-0.39, 0.29) is 11.1 Å². The van der Waals surface area contributed by atoms with E-state index in [9.17, 15) is 14.7 Å². The molecule has 1 aliphatic rings. The number of nitrogens with zero attached hydrogens (tertiary/aromatic N) is 2. The summed E-state index contributed by atoms with van der Waals surface area (Å²) in [5.41, 5.74) is 1.03. The van der Waals surface area contributed by atoms with Crippen molar-refractivity contribution in [2.75, 3.05) is 19.1 Å². The minimum absolute atomic E-state index is 0.106. The summed E-state index contributed by atoms with van der Waals surface area (Å²) in [6.45, 7) is 0. The molecule has 1 saturated heterocycles. The number of aliphatic hydroxyl groups excluding tert-OH is 1. The third kappa shape index (κ3) is 3.56. The maximum absolute atomic E-state index is 13.2. The van der Waals surface area contributed by atoms with Crippen LogP contribution in [0.2, 0.25) is 5.02 Å². The second-order valence-electron chi connectivity index (χ2n) is 6.97. The van der Waals surface area contributed by atoms with Crippen LogP contribution in [0.25, 0.3) is 5.76 Å². The molecule has 7 nitrogen and oxygen atoms in total. The Bertz CT molecular complexity index is 1200. The largest absolute Gasteiger partial charge is 0.506 e. The molecule has 8 heteroatoms. The first kappa shape index (κ1) is 21.4. The highest BCUT2D eigenvalue weighted by Gasteiger charge is 2.47. The third-order valence-corrected chi connectivity index (χ3v) is 5.43. The van der Waals surface area contributed by atoms with Gasteiger partial charge in [-0.2, -0.15) is 0 Å². The lowest BCUT2D eigenvalue weighted by Gasteiger charge is -2.25. The number of aromatic nitrogens is 1. The number of rotatable bonds is 5. The Morgan fingerprint density at radius 2 is 1.72 bits per heavy atom. The average Bonchev–Trinajstić information content (AvgIpc) is 3.09. The van der Waals surface area contributed by atoms with Crippen LogP contribution < -0.4 is 14.4 Å². The Morgan fingerprint density at radius 3 is 2.31 bits per heavy atom. The molecule has 32 heavy (non-hydrogen) atoms. The molecule has 4 rings (SSSR count). The quantitative estimate of drug-likeness (QED) is 0.352. The van der Waals surface area contributed by atoms with Gasteiger partial charge in [-0.1, -0.05) is 29.8 Å². The average molecular weight is 451 g/mol. The fraction of sp³-hybridized carbons (Fsp3) is 0.125. The lowest BCUT2D eigenvalue weighted by Crippen LogP contribution is -2.29. The topological polar surface area (TPSA) is 89.0 Å². The molecule has 1 aromatic heterocycles. The zero-order valence-electron chi connectivity index (χ0n) is 17.3. The second-order valence-corrected chi connectivity index (χ2v) is 7.41. The van der Waals surface area contributed by atoms with Crippen molar-refractivity contribution in [2.24, 2.45) is 0 Å². The third-order valence-electron chi connectivity index (χ3n) is 5.20. The standard InChI is InChI=1S/C24H19ClN2O5/c1-31-17-9-4-10-18(32-2)19(17)22(28)20-21(14-6-5-11-26-13-14)27(24(30)23(20)29)16-8-3-7-15(25)12-16/h3-13,21,28H,1-2H3/b22-20+. The first-order chi connectivity index (χ1) is 15.5. The zero-order chi connectivity index (χ0) is 22.8. The van der Waals surface area contributed by atoms with Crippen LogP contribution in [0, 0.1) is 0 Å². The maximum Gasteiger partial charge on any atom is 0.300 e. The minimum atomic E-state index is -0.934. The van der Waals surface area contributed by atoms with E-state index in [1.165, 1.54) is 19.1 Å². The minimum Gasteiger partial charge on any atom is -0.506 e. The van der Waals surface area contributed by atoms with Crippen LogP contribution >= 0.6 is 11.6 Å². The molecule has 2 heterocycles. The molecule has 0 saturated carbocycles.